The first-order valence-electron chi connectivity index (χ1n) is 11.0. The number of rotatable bonds is 5. The Bertz CT molecular complexity index is 1360. The molecule has 1 aliphatic rings. The molecule has 1 aromatic heterocycles. The molecule has 0 amide bonds. The third-order valence-corrected chi connectivity index (χ3v) is 6.25. The smallest absolute Gasteiger partial charge is 0.258 e. The van der Waals surface area contributed by atoms with Gasteiger partial charge < -0.3 is 14.7 Å². The number of nitrogens with one attached hydrogen (secondary N) is 1. The fourth-order valence-electron chi connectivity index (χ4n) is 4.19. The standard InChI is InChI=1S/C27H23FN4OS/c1-17-7-6-8-19(15-17)16-32-18(2)23(24(29-27(32)34)20-9-4-3-5-10-20)26-30-25(31-33-26)21-11-13-22(28)14-12-21/h3-15,24H,16H2,1-2H3,(H,29,34). The van der Waals surface area contributed by atoms with Gasteiger partial charge in [-0.05, 0) is 61.5 Å². The molecule has 7 heteroatoms. The third kappa shape index (κ3) is 4.34. The van der Waals surface area contributed by atoms with Crippen LogP contribution in [0.4, 0.5) is 4.39 Å². The van der Waals surface area contributed by atoms with Crippen molar-refractivity contribution in [2.45, 2.75) is 26.4 Å². The van der Waals surface area contributed by atoms with Gasteiger partial charge in [0.15, 0.2) is 5.11 Å². The van der Waals surface area contributed by atoms with Crippen molar-refractivity contribution in [1.82, 2.24) is 20.4 Å². The van der Waals surface area contributed by atoms with Crippen molar-refractivity contribution in [2.75, 3.05) is 0 Å². The Morgan fingerprint density at radius 1 is 1.00 bits per heavy atom. The van der Waals surface area contributed by atoms with E-state index >= 15 is 0 Å². The number of benzene rings is 3. The van der Waals surface area contributed by atoms with Crippen molar-refractivity contribution in [1.29, 1.82) is 0 Å². The van der Waals surface area contributed by atoms with Crippen molar-refractivity contribution in [3.05, 3.63) is 113 Å². The van der Waals surface area contributed by atoms with Crippen molar-refractivity contribution < 1.29 is 8.91 Å². The van der Waals surface area contributed by atoms with Gasteiger partial charge in [-0.1, -0.05) is 65.3 Å². The monoisotopic (exact) mass is 470 g/mol. The van der Waals surface area contributed by atoms with E-state index in [4.69, 9.17) is 16.7 Å². The van der Waals surface area contributed by atoms with E-state index in [1.165, 1.54) is 17.7 Å². The number of allylic oxidation sites excluding steroid dienone is 1. The zero-order valence-electron chi connectivity index (χ0n) is 18.8. The second-order valence-corrected chi connectivity index (χ2v) is 8.68. The molecule has 1 unspecified atom stereocenters. The molecule has 3 aromatic carbocycles. The molecule has 1 N–H and O–H groups in total. The van der Waals surface area contributed by atoms with Crippen molar-refractivity contribution in [3.8, 4) is 11.4 Å². The zero-order chi connectivity index (χ0) is 23.7. The molecule has 2 heterocycles. The highest BCUT2D eigenvalue weighted by Gasteiger charge is 2.34. The number of hydrogen-bond donors (Lipinski definition) is 1. The Hall–Kier alpha value is -3.84. The van der Waals surface area contributed by atoms with Gasteiger partial charge >= 0.3 is 0 Å². The van der Waals surface area contributed by atoms with Crippen LogP contribution in [0.1, 0.15) is 35.5 Å². The predicted octanol–water partition coefficient (Wildman–Crippen LogP) is 6.05. The molecule has 0 saturated heterocycles. The molecule has 0 bridgehead atoms. The zero-order valence-corrected chi connectivity index (χ0v) is 19.6. The maximum Gasteiger partial charge on any atom is 0.258 e. The summed E-state index contributed by atoms with van der Waals surface area (Å²) in [6.07, 6.45) is 0. The number of nitrogens with zero attached hydrogens (tertiary/aromatic N) is 3. The summed E-state index contributed by atoms with van der Waals surface area (Å²) in [6, 6.07) is 24.2. The summed E-state index contributed by atoms with van der Waals surface area (Å²) in [4.78, 5) is 6.73. The largest absolute Gasteiger partial charge is 0.351 e. The highest BCUT2D eigenvalue weighted by Crippen LogP contribution is 2.37. The summed E-state index contributed by atoms with van der Waals surface area (Å²) in [5, 5.41) is 8.28. The quantitative estimate of drug-likeness (QED) is 0.359. The van der Waals surface area contributed by atoms with E-state index in [0.29, 0.717) is 28.9 Å². The number of halogens is 1. The molecule has 34 heavy (non-hydrogen) atoms. The van der Waals surface area contributed by atoms with Crippen LogP contribution in [0.3, 0.4) is 0 Å². The van der Waals surface area contributed by atoms with Gasteiger partial charge in [-0.3, -0.25) is 0 Å². The van der Waals surface area contributed by atoms with Gasteiger partial charge in [-0.2, -0.15) is 4.98 Å². The van der Waals surface area contributed by atoms with Gasteiger partial charge in [0.25, 0.3) is 5.89 Å². The van der Waals surface area contributed by atoms with Crippen molar-refractivity contribution in [2.24, 2.45) is 0 Å². The summed E-state index contributed by atoms with van der Waals surface area (Å²) in [5.74, 6) is 0.488. The Morgan fingerprint density at radius 3 is 2.50 bits per heavy atom. The molecule has 0 aliphatic carbocycles. The molecule has 5 nitrogen and oxygen atoms in total. The van der Waals surface area contributed by atoms with Crippen LogP contribution < -0.4 is 5.32 Å². The van der Waals surface area contributed by atoms with E-state index < -0.39 is 0 Å². The van der Waals surface area contributed by atoms with Crippen LogP contribution in [0, 0.1) is 12.7 Å². The Labute approximate surface area is 202 Å². The topological polar surface area (TPSA) is 54.2 Å². The van der Waals surface area contributed by atoms with E-state index in [-0.39, 0.29) is 11.9 Å². The lowest BCUT2D eigenvalue weighted by Gasteiger charge is -2.37. The summed E-state index contributed by atoms with van der Waals surface area (Å²) < 4.78 is 19.1. The van der Waals surface area contributed by atoms with E-state index in [0.717, 1.165) is 22.4 Å². The van der Waals surface area contributed by atoms with Crippen molar-refractivity contribution in [3.63, 3.8) is 0 Å². The molecule has 4 aromatic rings. The molecule has 1 atom stereocenters. The molecule has 170 valence electrons. The van der Waals surface area contributed by atoms with Crippen LogP contribution in [-0.4, -0.2) is 20.2 Å². The summed E-state index contributed by atoms with van der Waals surface area (Å²) >= 11 is 5.79. The van der Waals surface area contributed by atoms with E-state index in [9.17, 15) is 4.39 Å². The molecular formula is C27H23FN4OS. The molecule has 0 radical (unpaired) electrons. The lowest BCUT2D eigenvalue weighted by Crippen LogP contribution is -2.45. The first-order chi connectivity index (χ1) is 16.5. The normalized spacial score (nSPS) is 16.0. The fraction of sp³-hybridized carbons (Fsp3) is 0.148. The number of aromatic nitrogens is 2. The van der Waals surface area contributed by atoms with Gasteiger partial charge in [-0.15, -0.1) is 0 Å². The Kier molecular flexibility index (Phi) is 5.94. The maximum absolute atomic E-state index is 13.4. The second-order valence-electron chi connectivity index (χ2n) is 8.30. The number of hydrogen-bond acceptors (Lipinski definition) is 4. The van der Waals surface area contributed by atoms with Crippen LogP contribution in [-0.2, 0) is 6.54 Å². The predicted molar refractivity (Wildman–Crippen MR) is 134 cm³/mol. The number of aryl methyl sites for hydroxylation is 1. The minimum absolute atomic E-state index is 0.246. The molecule has 0 spiro atoms. The minimum atomic E-state index is -0.313. The SMILES string of the molecule is CC1=C(c2nc(-c3ccc(F)cc3)no2)C(c2ccccc2)NC(=S)N1Cc1cccc(C)c1. The first kappa shape index (κ1) is 22.0. The molecule has 5 rings (SSSR count). The Balaban J connectivity index is 1.59. The van der Waals surface area contributed by atoms with E-state index in [1.54, 1.807) is 12.1 Å². The highest BCUT2D eigenvalue weighted by molar-refractivity contribution is 7.80. The van der Waals surface area contributed by atoms with Crippen LogP contribution in [0.5, 0.6) is 0 Å². The minimum Gasteiger partial charge on any atom is -0.351 e. The Morgan fingerprint density at radius 2 is 1.76 bits per heavy atom. The average molecular weight is 471 g/mol. The lowest BCUT2D eigenvalue weighted by atomic mass is 9.94. The number of thiocarbonyl (C=S) groups is 1. The van der Waals surface area contributed by atoms with Crippen LogP contribution in [0.2, 0.25) is 0 Å². The molecular weight excluding hydrogens is 447 g/mol. The van der Waals surface area contributed by atoms with Crippen LogP contribution >= 0.6 is 12.2 Å². The van der Waals surface area contributed by atoms with Crippen molar-refractivity contribution >= 4 is 22.9 Å². The first-order valence-corrected chi connectivity index (χ1v) is 11.4. The van der Waals surface area contributed by atoms with Crippen LogP contribution in [0.15, 0.2) is 89.1 Å². The van der Waals surface area contributed by atoms with Gasteiger partial charge in [-0.25, -0.2) is 4.39 Å². The second kappa shape index (κ2) is 9.19. The average Bonchev–Trinajstić information content (AvgIpc) is 3.32. The van der Waals surface area contributed by atoms with Gasteiger partial charge in [0.2, 0.25) is 5.82 Å². The van der Waals surface area contributed by atoms with Crippen LogP contribution in [0.25, 0.3) is 17.0 Å². The lowest BCUT2D eigenvalue weighted by molar-refractivity contribution is 0.396. The summed E-state index contributed by atoms with van der Waals surface area (Å²) in [6.45, 7) is 4.71. The summed E-state index contributed by atoms with van der Waals surface area (Å²) in [5.41, 5.74) is 5.86. The molecule has 1 aliphatic heterocycles. The van der Waals surface area contributed by atoms with E-state index in [1.807, 2.05) is 43.3 Å². The summed E-state index contributed by atoms with van der Waals surface area (Å²) in [7, 11) is 0. The van der Waals surface area contributed by atoms with Gasteiger partial charge in [0.05, 0.1) is 11.6 Å². The van der Waals surface area contributed by atoms with Gasteiger partial charge in [0.1, 0.15) is 5.82 Å². The highest BCUT2D eigenvalue weighted by atomic mass is 32.1. The van der Waals surface area contributed by atoms with E-state index in [2.05, 4.69) is 45.5 Å². The van der Waals surface area contributed by atoms with Gasteiger partial charge in [0, 0.05) is 17.8 Å². The molecule has 0 fully saturated rings. The molecule has 0 saturated carbocycles. The maximum atomic E-state index is 13.4. The third-order valence-electron chi connectivity index (χ3n) is 5.91. The fourth-order valence-corrected chi connectivity index (χ4v) is 4.51.